The zero-order valence-corrected chi connectivity index (χ0v) is 17.3. The molecule has 23 heavy (non-hydrogen) atoms. The molecule has 0 aromatic heterocycles. The number of benzene rings is 2. The van der Waals surface area contributed by atoms with Gasteiger partial charge in [-0.1, -0.05) is 81.1 Å². The number of hydrogen-bond acceptors (Lipinski definition) is 2. The van der Waals surface area contributed by atoms with E-state index in [1.807, 2.05) is 26.0 Å². The fraction of sp³-hybridized carbons (Fsp3) is 0.368. The third-order valence-corrected chi connectivity index (χ3v) is 12.7. The average molecular weight is 345 g/mol. The Morgan fingerprint density at radius 3 is 1.52 bits per heavy atom. The number of hydrogen-bond donors (Lipinski definition) is 1. The standard InChI is InChI=1S/C19H28O2Si2/c1-18(2,20)19(3,4)23(21-22-5,16-12-8-6-9-13-16)17-14-10-7-11-15-17/h6-15,20H,22H2,1-5H3. The van der Waals surface area contributed by atoms with Gasteiger partial charge < -0.3 is 9.22 Å². The van der Waals surface area contributed by atoms with Crippen LogP contribution in [0, 0.1) is 0 Å². The first-order chi connectivity index (χ1) is 10.8. The first-order valence-corrected chi connectivity index (χ1v) is 12.1. The molecule has 0 unspecified atom stereocenters. The molecule has 0 amide bonds. The van der Waals surface area contributed by atoms with Crippen LogP contribution in [0.2, 0.25) is 11.6 Å². The van der Waals surface area contributed by atoms with Gasteiger partial charge in [-0.25, -0.2) is 0 Å². The lowest BCUT2D eigenvalue weighted by atomic mass is 9.93. The van der Waals surface area contributed by atoms with Gasteiger partial charge in [0, 0.05) is 5.04 Å². The first kappa shape index (κ1) is 18.1. The van der Waals surface area contributed by atoms with Crippen molar-refractivity contribution < 1.29 is 9.22 Å². The molecule has 0 spiro atoms. The van der Waals surface area contributed by atoms with Crippen LogP contribution in [-0.2, 0) is 4.12 Å². The van der Waals surface area contributed by atoms with Crippen molar-refractivity contribution in [1.29, 1.82) is 0 Å². The van der Waals surface area contributed by atoms with Gasteiger partial charge in [0.15, 0.2) is 0 Å². The molecule has 124 valence electrons. The van der Waals surface area contributed by atoms with E-state index in [4.69, 9.17) is 4.12 Å². The van der Waals surface area contributed by atoms with Gasteiger partial charge in [-0.3, -0.25) is 0 Å². The molecule has 0 saturated carbocycles. The van der Waals surface area contributed by atoms with E-state index in [1.54, 1.807) is 0 Å². The van der Waals surface area contributed by atoms with E-state index in [0.717, 1.165) is 0 Å². The zero-order chi connectivity index (χ0) is 17.1. The highest BCUT2D eigenvalue weighted by Gasteiger charge is 2.58. The minimum Gasteiger partial charge on any atom is -0.454 e. The second kappa shape index (κ2) is 6.73. The van der Waals surface area contributed by atoms with Crippen LogP contribution in [0.5, 0.6) is 0 Å². The van der Waals surface area contributed by atoms with Crippen molar-refractivity contribution in [2.45, 2.75) is 44.9 Å². The monoisotopic (exact) mass is 344 g/mol. The minimum absolute atomic E-state index is 0.383. The van der Waals surface area contributed by atoms with E-state index in [9.17, 15) is 5.11 Å². The van der Waals surface area contributed by atoms with Crippen molar-refractivity contribution in [2.75, 3.05) is 0 Å². The van der Waals surface area contributed by atoms with E-state index < -0.39 is 23.7 Å². The lowest BCUT2D eigenvalue weighted by molar-refractivity contribution is 0.0340. The lowest BCUT2D eigenvalue weighted by Crippen LogP contribution is -2.71. The fourth-order valence-corrected chi connectivity index (χ4v) is 11.7. The topological polar surface area (TPSA) is 29.5 Å². The summed E-state index contributed by atoms with van der Waals surface area (Å²) in [5.74, 6) is 0. The minimum atomic E-state index is -2.60. The zero-order valence-electron chi connectivity index (χ0n) is 14.8. The lowest BCUT2D eigenvalue weighted by Gasteiger charge is -2.51. The van der Waals surface area contributed by atoms with Crippen LogP contribution in [0.3, 0.4) is 0 Å². The van der Waals surface area contributed by atoms with Gasteiger partial charge in [0.1, 0.15) is 9.76 Å². The Morgan fingerprint density at radius 1 is 0.826 bits per heavy atom. The summed E-state index contributed by atoms with van der Waals surface area (Å²) >= 11 is 0. The van der Waals surface area contributed by atoms with Gasteiger partial charge in [-0.2, -0.15) is 0 Å². The van der Waals surface area contributed by atoms with E-state index >= 15 is 0 Å². The quantitative estimate of drug-likeness (QED) is 0.816. The van der Waals surface area contributed by atoms with Crippen LogP contribution in [0.1, 0.15) is 27.7 Å². The number of rotatable bonds is 6. The van der Waals surface area contributed by atoms with E-state index in [2.05, 4.69) is 68.9 Å². The predicted octanol–water partition coefficient (Wildman–Crippen LogP) is 2.45. The van der Waals surface area contributed by atoms with Crippen LogP contribution in [0.4, 0.5) is 0 Å². The SMILES string of the molecule is C[SiH2]O[Si](c1ccccc1)(c1ccccc1)C(C)(C)C(C)(C)O. The Bertz CT molecular complexity index is 579. The summed E-state index contributed by atoms with van der Waals surface area (Å²) in [5.41, 5.74) is -0.853. The molecule has 0 heterocycles. The molecule has 0 bridgehead atoms. The molecule has 2 nitrogen and oxygen atoms in total. The Labute approximate surface area is 143 Å². The Kier molecular flexibility index (Phi) is 5.31. The highest BCUT2D eigenvalue weighted by molar-refractivity contribution is 7.01. The van der Waals surface area contributed by atoms with Crippen LogP contribution >= 0.6 is 0 Å². The summed E-state index contributed by atoms with van der Waals surface area (Å²) in [6.07, 6.45) is 0. The molecule has 0 aliphatic heterocycles. The molecule has 2 rings (SSSR count). The molecule has 2 aromatic carbocycles. The summed E-state index contributed by atoms with van der Waals surface area (Å²) in [6, 6.07) is 21.0. The van der Waals surface area contributed by atoms with Crippen LogP contribution in [0.25, 0.3) is 0 Å². The third kappa shape index (κ3) is 3.08. The highest BCUT2D eigenvalue weighted by Crippen LogP contribution is 2.46. The molecule has 2 aromatic rings. The summed E-state index contributed by atoms with van der Waals surface area (Å²) < 4.78 is 6.71. The Hall–Kier alpha value is -1.21. The molecule has 0 atom stereocenters. The second-order valence-electron chi connectivity index (χ2n) is 7.03. The second-order valence-corrected chi connectivity index (χ2v) is 12.5. The molecule has 0 radical (unpaired) electrons. The van der Waals surface area contributed by atoms with Gasteiger partial charge in [-0.05, 0) is 24.2 Å². The normalized spacial score (nSPS) is 13.7. The van der Waals surface area contributed by atoms with E-state index in [0.29, 0.717) is 0 Å². The third-order valence-electron chi connectivity index (χ3n) is 5.13. The van der Waals surface area contributed by atoms with E-state index in [1.165, 1.54) is 10.4 Å². The largest absolute Gasteiger partial charge is 0.454 e. The summed E-state index contributed by atoms with van der Waals surface area (Å²) in [6.45, 7) is 10.3. The van der Waals surface area contributed by atoms with Gasteiger partial charge >= 0.3 is 0 Å². The molecule has 0 fully saturated rings. The van der Waals surface area contributed by atoms with Crippen molar-refractivity contribution in [3.8, 4) is 0 Å². The molecule has 1 N–H and O–H groups in total. The molecule has 4 heteroatoms. The molecular weight excluding hydrogens is 316 g/mol. The fourth-order valence-electron chi connectivity index (χ4n) is 3.23. The van der Waals surface area contributed by atoms with Gasteiger partial charge in [-0.15, -0.1) is 0 Å². The first-order valence-electron chi connectivity index (χ1n) is 8.24. The molecule has 0 aliphatic rings. The van der Waals surface area contributed by atoms with E-state index in [-0.39, 0.29) is 5.04 Å². The van der Waals surface area contributed by atoms with Crippen LogP contribution in [0.15, 0.2) is 60.7 Å². The Balaban J connectivity index is 2.82. The molecular formula is C19H28O2Si2. The van der Waals surface area contributed by atoms with Gasteiger partial charge in [0.25, 0.3) is 8.32 Å². The van der Waals surface area contributed by atoms with Gasteiger partial charge in [0.2, 0.25) is 0 Å². The highest BCUT2D eigenvalue weighted by atomic mass is 28.4. The number of aliphatic hydroxyl groups is 1. The van der Waals surface area contributed by atoms with Crippen molar-refractivity contribution in [1.82, 2.24) is 0 Å². The molecule has 0 saturated heterocycles. The molecule has 0 aliphatic carbocycles. The Morgan fingerprint density at radius 2 is 1.22 bits per heavy atom. The summed E-state index contributed by atoms with van der Waals surface area (Å²) in [4.78, 5) is 0. The van der Waals surface area contributed by atoms with Crippen molar-refractivity contribution in [2.24, 2.45) is 0 Å². The average Bonchev–Trinajstić information content (AvgIpc) is 2.53. The van der Waals surface area contributed by atoms with Crippen molar-refractivity contribution in [3.05, 3.63) is 60.7 Å². The van der Waals surface area contributed by atoms with Gasteiger partial charge in [0.05, 0.1) is 5.60 Å². The van der Waals surface area contributed by atoms with Crippen LogP contribution in [-0.4, -0.2) is 28.8 Å². The summed E-state index contributed by atoms with van der Waals surface area (Å²) in [7, 11) is -3.26. The van der Waals surface area contributed by atoms with Crippen molar-refractivity contribution in [3.63, 3.8) is 0 Å². The smallest absolute Gasteiger partial charge is 0.253 e. The van der Waals surface area contributed by atoms with Crippen molar-refractivity contribution >= 4 is 28.5 Å². The maximum Gasteiger partial charge on any atom is 0.253 e. The maximum atomic E-state index is 11.0. The summed E-state index contributed by atoms with van der Waals surface area (Å²) in [5, 5.41) is 13.1. The maximum absolute atomic E-state index is 11.0. The predicted molar refractivity (Wildman–Crippen MR) is 104 cm³/mol. The van der Waals surface area contributed by atoms with Crippen LogP contribution < -0.4 is 10.4 Å².